The van der Waals surface area contributed by atoms with Crippen molar-refractivity contribution in [2.24, 2.45) is 5.92 Å². The van der Waals surface area contributed by atoms with E-state index in [1.54, 1.807) is 17.5 Å². The molecule has 1 aromatic rings. The summed E-state index contributed by atoms with van der Waals surface area (Å²) in [5.41, 5.74) is 0. The Balaban J connectivity index is 2.01. The normalized spacial score (nSPS) is 16.5. The minimum absolute atomic E-state index is 0.138. The predicted octanol–water partition coefficient (Wildman–Crippen LogP) is 1.39. The van der Waals surface area contributed by atoms with Gasteiger partial charge in [-0.15, -0.1) is 11.3 Å². The summed E-state index contributed by atoms with van der Waals surface area (Å²) in [6, 6.07) is 0. The van der Waals surface area contributed by atoms with Crippen molar-refractivity contribution in [1.29, 1.82) is 0 Å². The first kappa shape index (κ1) is 12.5. The zero-order valence-electron chi connectivity index (χ0n) is 10.4. The Kier molecular flexibility index (Phi) is 4.12. The first-order valence-corrected chi connectivity index (χ1v) is 6.93. The van der Waals surface area contributed by atoms with Gasteiger partial charge in [0.1, 0.15) is 4.88 Å². The van der Waals surface area contributed by atoms with Gasteiger partial charge in [-0.25, -0.2) is 4.98 Å². The third-order valence-corrected chi connectivity index (χ3v) is 3.76. The maximum atomic E-state index is 12.2. The Labute approximate surface area is 106 Å². The highest BCUT2D eigenvalue weighted by molar-refractivity contribution is 7.13. The molecule has 1 saturated heterocycles. The number of thiazole rings is 1. The largest absolute Gasteiger partial charge is 0.335 e. The Bertz CT molecular complexity index is 383. The van der Waals surface area contributed by atoms with Crippen LogP contribution in [0.3, 0.4) is 0 Å². The smallest absolute Gasteiger partial charge is 0.265 e. The number of hydrogen-bond acceptors (Lipinski definition) is 4. The second-order valence-electron chi connectivity index (χ2n) is 4.76. The summed E-state index contributed by atoms with van der Waals surface area (Å²) in [7, 11) is 0. The fraction of sp³-hybridized carbons (Fsp3) is 0.667. The molecule has 5 heteroatoms. The van der Waals surface area contributed by atoms with Crippen LogP contribution in [0, 0.1) is 5.92 Å². The molecule has 0 bridgehead atoms. The molecule has 0 atom stereocenters. The number of amides is 1. The molecule has 0 aromatic carbocycles. The van der Waals surface area contributed by atoms with Gasteiger partial charge in [0.25, 0.3) is 5.91 Å². The second kappa shape index (κ2) is 5.60. The van der Waals surface area contributed by atoms with Gasteiger partial charge in [-0.1, -0.05) is 13.8 Å². The fourth-order valence-corrected chi connectivity index (χ4v) is 2.97. The highest BCUT2D eigenvalue weighted by Crippen LogP contribution is 2.18. The van der Waals surface area contributed by atoms with Gasteiger partial charge in [0.2, 0.25) is 0 Å². The van der Waals surface area contributed by atoms with E-state index in [4.69, 9.17) is 0 Å². The summed E-state index contributed by atoms with van der Waals surface area (Å²) >= 11 is 1.54. The van der Waals surface area contributed by atoms with Crippen molar-refractivity contribution >= 4 is 17.2 Å². The molecule has 0 aliphatic carbocycles. The third kappa shape index (κ3) is 3.26. The molecule has 1 aliphatic rings. The lowest BCUT2D eigenvalue weighted by Crippen LogP contribution is -2.46. The van der Waals surface area contributed by atoms with Gasteiger partial charge >= 0.3 is 0 Å². The zero-order valence-corrected chi connectivity index (χ0v) is 11.2. The second-order valence-corrected chi connectivity index (χ2v) is 5.87. The average molecular weight is 253 g/mol. The number of hydrogen-bond donors (Lipinski definition) is 1. The van der Waals surface area contributed by atoms with Crippen molar-refractivity contribution in [2.45, 2.75) is 20.3 Å². The van der Waals surface area contributed by atoms with E-state index < -0.39 is 0 Å². The van der Waals surface area contributed by atoms with Crippen molar-refractivity contribution in [2.75, 3.05) is 26.2 Å². The number of nitrogens with one attached hydrogen (secondary N) is 1. The third-order valence-electron chi connectivity index (χ3n) is 2.75. The van der Waals surface area contributed by atoms with E-state index >= 15 is 0 Å². The maximum absolute atomic E-state index is 12.2. The quantitative estimate of drug-likeness (QED) is 0.885. The van der Waals surface area contributed by atoms with Crippen molar-refractivity contribution in [3.05, 3.63) is 16.1 Å². The molecular weight excluding hydrogens is 234 g/mol. The minimum atomic E-state index is 0.138. The topological polar surface area (TPSA) is 45.2 Å². The van der Waals surface area contributed by atoms with Gasteiger partial charge in [0.05, 0.1) is 11.2 Å². The molecule has 94 valence electrons. The number of carbonyl (C=O) groups is 1. The van der Waals surface area contributed by atoms with Gasteiger partial charge in [-0.3, -0.25) is 4.79 Å². The standard InChI is InChI=1S/C12H19N3OS/c1-9(2)7-11-14-8-10(17-11)12(16)15-5-3-13-4-6-15/h8-9,13H,3-7H2,1-2H3. The van der Waals surface area contributed by atoms with Crippen molar-refractivity contribution in [3.8, 4) is 0 Å². The van der Waals surface area contributed by atoms with Crippen molar-refractivity contribution in [1.82, 2.24) is 15.2 Å². The SMILES string of the molecule is CC(C)Cc1ncc(C(=O)N2CCNCC2)s1. The molecule has 1 N–H and O–H groups in total. The van der Waals surface area contributed by atoms with Crippen LogP contribution in [-0.4, -0.2) is 42.0 Å². The van der Waals surface area contributed by atoms with Crippen molar-refractivity contribution < 1.29 is 4.79 Å². The highest BCUT2D eigenvalue weighted by Gasteiger charge is 2.20. The Morgan fingerprint density at radius 1 is 1.53 bits per heavy atom. The molecule has 4 nitrogen and oxygen atoms in total. The van der Waals surface area contributed by atoms with Gasteiger partial charge < -0.3 is 10.2 Å². The fourth-order valence-electron chi connectivity index (χ4n) is 1.88. The molecule has 1 fully saturated rings. The van der Waals surface area contributed by atoms with E-state index in [9.17, 15) is 4.79 Å². The Hall–Kier alpha value is -0.940. The zero-order chi connectivity index (χ0) is 12.3. The van der Waals surface area contributed by atoms with Crippen LogP contribution in [-0.2, 0) is 6.42 Å². The van der Waals surface area contributed by atoms with E-state index in [1.165, 1.54) is 0 Å². The van der Waals surface area contributed by atoms with Crippen LogP contribution in [0.15, 0.2) is 6.20 Å². The van der Waals surface area contributed by atoms with E-state index in [0.717, 1.165) is 42.5 Å². The molecule has 0 saturated carbocycles. The molecule has 2 rings (SSSR count). The first-order valence-electron chi connectivity index (χ1n) is 6.11. The number of carbonyl (C=O) groups excluding carboxylic acids is 1. The van der Waals surface area contributed by atoms with Gasteiger partial charge in [-0.05, 0) is 5.92 Å². The molecule has 1 amide bonds. The van der Waals surface area contributed by atoms with Crippen LogP contribution in [0.5, 0.6) is 0 Å². The lowest BCUT2D eigenvalue weighted by molar-refractivity contribution is 0.0740. The summed E-state index contributed by atoms with van der Waals surface area (Å²) < 4.78 is 0. The van der Waals surface area contributed by atoms with Gasteiger partial charge in [0, 0.05) is 32.6 Å². The Morgan fingerprint density at radius 2 is 2.24 bits per heavy atom. The molecule has 0 radical (unpaired) electrons. The van der Waals surface area contributed by atoms with Crippen LogP contribution in [0.4, 0.5) is 0 Å². The number of rotatable bonds is 3. The number of piperazine rings is 1. The van der Waals surface area contributed by atoms with E-state index in [1.807, 2.05) is 4.90 Å². The first-order chi connectivity index (χ1) is 8.16. The van der Waals surface area contributed by atoms with Gasteiger partial charge in [0.15, 0.2) is 0 Å². The lowest BCUT2D eigenvalue weighted by Gasteiger charge is -2.26. The van der Waals surface area contributed by atoms with Crippen LogP contribution >= 0.6 is 11.3 Å². The van der Waals surface area contributed by atoms with Gasteiger partial charge in [-0.2, -0.15) is 0 Å². The number of nitrogens with zero attached hydrogens (tertiary/aromatic N) is 2. The summed E-state index contributed by atoms with van der Waals surface area (Å²) in [5, 5.41) is 4.31. The van der Waals surface area contributed by atoms with E-state index in [0.29, 0.717) is 5.92 Å². The molecule has 2 heterocycles. The molecule has 0 unspecified atom stereocenters. The molecular formula is C12H19N3OS. The summed E-state index contributed by atoms with van der Waals surface area (Å²) in [6.07, 6.45) is 2.69. The highest BCUT2D eigenvalue weighted by atomic mass is 32.1. The number of aromatic nitrogens is 1. The molecule has 1 aromatic heterocycles. The maximum Gasteiger partial charge on any atom is 0.265 e. The molecule has 17 heavy (non-hydrogen) atoms. The Morgan fingerprint density at radius 3 is 2.88 bits per heavy atom. The van der Waals surface area contributed by atoms with Crippen LogP contribution in [0.1, 0.15) is 28.5 Å². The monoisotopic (exact) mass is 253 g/mol. The van der Waals surface area contributed by atoms with E-state index in [-0.39, 0.29) is 5.91 Å². The minimum Gasteiger partial charge on any atom is -0.335 e. The van der Waals surface area contributed by atoms with Crippen LogP contribution in [0.25, 0.3) is 0 Å². The van der Waals surface area contributed by atoms with E-state index in [2.05, 4.69) is 24.1 Å². The average Bonchev–Trinajstić information content (AvgIpc) is 2.77. The van der Waals surface area contributed by atoms with Crippen LogP contribution in [0.2, 0.25) is 0 Å². The summed E-state index contributed by atoms with van der Waals surface area (Å²) in [6.45, 7) is 7.72. The van der Waals surface area contributed by atoms with Crippen molar-refractivity contribution in [3.63, 3.8) is 0 Å². The molecule has 1 aliphatic heterocycles. The summed E-state index contributed by atoms with van der Waals surface area (Å²) in [4.78, 5) is 19.2. The molecule has 0 spiro atoms. The predicted molar refractivity (Wildman–Crippen MR) is 69.4 cm³/mol. The lowest BCUT2D eigenvalue weighted by atomic mass is 10.1. The van der Waals surface area contributed by atoms with Crippen LogP contribution < -0.4 is 5.32 Å². The summed E-state index contributed by atoms with van der Waals surface area (Å²) in [5.74, 6) is 0.724.